The van der Waals surface area contributed by atoms with Crippen LogP contribution in [-0.4, -0.2) is 56.5 Å². The molecule has 3 aromatic rings. The first-order valence-electron chi connectivity index (χ1n) is 8.97. The zero-order valence-electron chi connectivity index (χ0n) is 15.5. The Balaban J connectivity index is 1.66. The minimum atomic E-state index is -0.491. The van der Waals surface area contributed by atoms with Crippen molar-refractivity contribution in [2.24, 2.45) is 5.92 Å². The molecule has 1 fully saturated rings. The third kappa shape index (κ3) is 3.13. The molecular weight excluding hydrogens is 362 g/mol. The summed E-state index contributed by atoms with van der Waals surface area (Å²) in [5.74, 6) is 0.0314. The van der Waals surface area contributed by atoms with E-state index in [4.69, 9.17) is 9.47 Å². The fraction of sp³-hybridized carbons (Fsp3) is 0.368. The Kier molecular flexibility index (Phi) is 5.03. The summed E-state index contributed by atoms with van der Waals surface area (Å²) >= 11 is 0. The van der Waals surface area contributed by atoms with Gasteiger partial charge in [0.25, 0.3) is 5.91 Å². The number of methoxy groups -OCH3 is 1. The van der Waals surface area contributed by atoms with Crippen molar-refractivity contribution in [2.45, 2.75) is 25.4 Å². The molecule has 1 amide bonds. The van der Waals surface area contributed by atoms with Crippen molar-refractivity contribution >= 4 is 22.9 Å². The minimum Gasteiger partial charge on any atom is -0.394 e. The van der Waals surface area contributed by atoms with E-state index in [2.05, 4.69) is 20.3 Å². The zero-order valence-corrected chi connectivity index (χ0v) is 15.5. The largest absolute Gasteiger partial charge is 0.394 e. The van der Waals surface area contributed by atoms with E-state index >= 15 is 0 Å². The number of hydrogen-bond acceptors (Lipinski definition) is 7. The van der Waals surface area contributed by atoms with Gasteiger partial charge in [-0.05, 0) is 12.1 Å². The van der Waals surface area contributed by atoms with Crippen LogP contribution in [0, 0.1) is 5.92 Å². The van der Waals surface area contributed by atoms with Crippen LogP contribution in [0.1, 0.15) is 23.5 Å². The molecule has 1 aromatic carbocycles. The predicted molar refractivity (Wildman–Crippen MR) is 101 cm³/mol. The highest BCUT2D eigenvalue weighted by atomic mass is 16.6. The van der Waals surface area contributed by atoms with Crippen LogP contribution in [0.15, 0.2) is 43.0 Å². The van der Waals surface area contributed by atoms with Crippen LogP contribution >= 0.6 is 0 Å². The molecule has 3 heterocycles. The summed E-state index contributed by atoms with van der Waals surface area (Å²) < 4.78 is 13.3. The molecule has 146 valence electrons. The smallest absolute Gasteiger partial charge is 0.256 e. The van der Waals surface area contributed by atoms with Crippen molar-refractivity contribution in [3.05, 3.63) is 48.5 Å². The molecule has 0 bridgehead atoms. The number of nitrogens with one attached hydrogen (secondary N) is 1. The van der Waals surface area contributed by atoms with Crippen molar-refractivity contribution in [2.75, 3.05) is 19.0 Å². The maximum Gasteiger partial charge on any atom is 0.256 e. The second-order valence-electron chi connectivity index (χ2n) is 6.67. The molecule has 0 spiro atoms. The molecule has 28 heavy (non-hydrogen) atoms. The van der Waals surface area contributed by atoms with E-state index in [1.807, 2.05) is 13.0 Å². The van der Waals surface area contributed by atoms with Gasteiger partial charge in [0.1, 0.15) is 12.4 Å². The molecule has 0 radical (unpaired) electrons. The molecule has 0 aliphatic carbocycles. The lowest BCUT2D eigenvalue weighted by Gasteiger charge is -2.20. The van der Waals surface area contributed by atoms with E-state index in [0.717, 1.165) is 0 Å². The highest BCUT2D eigenvalue weighted by molar-refractivity contribution is 6.06. The number of aliphatic hydroxyl groups is 1. The van der Waals surface area contributed by atoms with E-state index in [9.17, 15) is 9.90 Å². The van der Waals surface area contributed by atoms with E-state index in [1.165, 1.54) is 6.33 Å². The monoisotopic (exact) mass is 383 g/mol. The number of rotatable bonds is 5. The van der Waals surface area contributed by atoms with Gasteiger partial charge in [-0.25, -0.2) is 15.0 Å². The summed E-state index contributed by atoms with van der Waals surface area (Å²) in [5, 5.41) is 12.3. The number of aromatic nitrogens is 4. The molecule has 1 unspecified atom stereocenters. The molecule has 4 rings (SSSR count). The van der Waals surface area contributed by atoms with Gasteiger partial charge < -0.3 is 19.9 Å². The van der Waals surface area contributed by atoms with Gasteiger partial charge in [0, 0.05) is 18.6 Å². The average molecular weight is 383 g/mol. The summed E-state index contributed by atoms with van der Waals surface area (Å²) in [6, 6.07) is 8.87. The SMILES string of the molecule is CO[C@H]1C(C)[C@@H](CO)O[C@H]1n1cnc2c(NC(=O)c3ccccc3)ncnc21. The van der Waals surface area contributed by atoms with E-state index < -0.39 is 6.23 Å². The van der Waals surface area contributed by atoms with Crippen molar-refractivity contribution in [1.82, 2.24) is 19.5 Å². The van der Waals surface area contributed by atoms with E-state index in [0.29, 0.717) is 22.5 Å². The maximum absolute atomic E-state index is 12.5. The molecule has 9 heteroatoms. The average Bonchev–Trinajstić information content (AvgIpc) is 3.29. The van der Waals surface area contributed by atoms with Crippen LogP contribution in [0.5, 0.6) is 0 Å². The lowest BCUT2D eigenvalue weighted by molar-refractivity contribution is -0.0583. The number of nitrogens with zero attached hydrogens (tertiary/aromatic N) is 4. The lowest BCUT2D eigenvalue weighted by Crippen LogP contribution is -2.27. The van der Waals surface area contributed by atoms with Gasteiger partial charge in [0.2, 0.25) is 0 Å². The summed E-state index contributed by atoms with van der Waals surface area (Å²) in [7, 11) is 1.61. The van der Waals surface area contributed by atoms with Crippen molar-refractivity contribution in [1.29, 1.82) is 0 Å². The molecule has 1 aliphatic heterocycles. The standard InChI is InChI=1S/C19H21N5O4/c1-11-13(8-25)28-19(15(11)27-2)24-10-22-14-16(20-9-21-17(14)24)23-18(26)12-6-4-3-5-7-12/h3-7,9-11,13,15,19,25H,8H2,1-2H3,(H,20,21,23,26)/t11?,13-,15+,19-/m1/s1. The Labute approximate surface area is 161 Å². The van der Waals surface area contributed by atoms with Gasteiger partial charge in [-0.2, -0.15) is 0 Å². The number of carbonyl (C=O) groups excluding carboxylic acids is 1. The van der Waals surface area contributed by atoms with Gasteiger partial charge in [-0.3, -0.25) is 9.36 Å². The van der Waals surface area contributed by atoms with Crippen LogP contribution in [0.2, 0.25) is 0 Å². The van der Waals surface area contributed by atoms with Crippen LogP contribution in [0.25, 0.3) is 11.2 Å². The normalized spacial score (nSPS) is 24.5. The summed E-state index contributed by atoms with van der Waals surface area (Å²) in [6.45, 7) is 1.87. The molecule has 9 nitrogen and oxygen atoms in total. The van der Waals surface area contributed by atoms with Gasteiger partial charge in [-0.15, -0.1) is 0 Å². The number of amides is 1. The summed E-state index contributed by atoms with van der Waals surface area (Å²) in [4.78, 5) is 25.3. The Bertz CT molecular complexity index is 977. The number of anilines is 1. The number of ether oxygens (including phenoxy) is 2. The first-order valence-corrected chi connectivity index (χ1v) is 8.97. The van der Waals surface area contributed by atoms with Crippen molar-refractivity contribution in [3.8, 4) is 0 Å². The number of hydrogen-bond donors (Lipinski definition) is 2. The summed E-state index contributed by atoms with van der Waals surface area (Å²) in [5.41, 5.74) is 1.48. The van der Waals surface area contributed by atoms with Gasteiger partial charge in [0.05, 0.1) is 19.0 Å². The highest BCUT2D eigenvalue weighted by Gasteiger charge is 2.43. The Morgan fingerprint density at radius 1 is 1.29 bits per heavy atom. The molecule has 0 saturated carbocycles. The predicted octanol–water partition coefficient (Wildman–Crippen LogP) is 1.62. The van der Waals surface area contributed by atoms with Crippen molar-refractivity contribution < 1.29 is 19.4 Å². The fourth-order valence-corrected chi connectivity index (χ4v) is 3.51. The Morgan fingerprint density at radius 3 is 2.79 bits per heavy atom. The van der Waals surface area contributed by atoms with E-state index in [-0.39, 0.29) is 30.6 Å². The molecule has 4 atom stereocenters. The van der Waals surface area contributed by atoms with Crippen molar-refractivity contribution in [3.63, 3.8) is 0 Å². The first-order chi connectivity index (χ1) is 13.6. The third-order valence-corrected chi connectivity index (χ3v) is 5.05. The molecule has 1 saturated heterocycles. The van der Waals surface area contributed by atoms with Gasteiger partial charge in [-0.1, -0.05) is 25.1 Å². The topological polar surface area (TPSA) is 111 Å². The second-order valence-corrected chi connectivity index (χ2v) is 6.67. The molecule has 2 aromatic heterocycles. The van der Waals surface area contributed by atoms with Crippen LogP contribution in [0.3, 0.4) is 0 Å². The van der Waals surface area contributed by atoms with Gasteiger partial charge >= 0.3 is 0 Å². The van der Waals surface area contributed by atoms with Crippen LogP contribution < -0.4 is 5.32 Å². The lowest BCUT2D eigenvalue weighted by atomic mass is 10.0. The molecular formula is C19H21N5O4. The third-order valence-electron chi connectivity index (χ3n) is 5.05. The number of carbonyl (C=O) groups is 1. The summed E-state index contributed by atoms with van der Waals surface area (Å²) in [6.07, 6.45) is 1.85. The zero-order chi connectivity index (χ0) is 19.7. The molecule has 2 N–H and O–H groups in total. The van der Waals surface area contributed by atoms with Crippen LogP contribution in [0.4, 0.5) is 5.82 Å². The van der Waals surface area contributed by atoms with Crippen LogP contribution in [-0.2, 0) is 9.47 Å². The number of benzene rings is 1. The minimum absolute atomic E-state index is 0.00320. The Morgan fingerprint density at radius 2 is 2.07 bits per heavy atom. The van der Waals surface area contributed by atoms with Gasteiger partial charge in [0.15, 0.2) is 23.2 Å². The first kappa shape index (κ1) is 18.5. The second kappa shape index (κ2) is 7.63. The fourth-order valence-electron chi connectivity index (χ4n) is 3.51. The Hall–Kier alpha value is -2.88. The number of fused-ring (bicyclic) bond motifs is 1. The molecule has 1 aliphatic rings. The highest BCUT2D eigenvalue weighted by Crippen LogP contribution is 2.37. The number of aliphatic hydroxyl groups excluding tert-OH is 1. The van der Waals surface area contributed by atoms with E-state index in [1.54, 1.807) is 42.3 Å². The quantitative estimate of drug-likeness (QED) is 0.688. The maximum atomic E-state index is 12.5. The number of imidazole rings is 1.